The fourth-order valence-electron chi connectivity index (χ4n) is 3.94. The van der Waals surface area contributed by atoms with E-state index in [-0.39, 0.29) is 5.92 Å². The molecule has 0 unspecified atom stereocenters. The Morgan fingerprint density at radius 3 is 0.929 bits per heavy atom. The molecule has 0 aromatic rings. The summed E-state index contributed by atoms with van der Waals surface area (Å²) in [5.41, 5.74) is 0. The predicted molar refractivity (Wildman–Crippen MR) is 122 cm³/mol. The summed E-state index contributed by atoms with van der Waals surface area (Å²) in [5, 5.41) is 17.4. The number of nitriles is 2. The van der Waals surface area contributed by atoms with Crippen LogP contribution in [0.2, 0.25) is 0 Å². The van der Waals surface area contributed by atoms with Crippen LogP contribution in [0.15, 0.2) is 0 Å². The molecule has 0 spiro atoms. The van der Waals surface area contributed by atoms with E-state index in [4.69, 9.17) is 10.5 Å². The molecule has 0 bridgehead atoms. The van der Waals surface area contributed by atoms with Crippen molar-refractivity contribution in [1.29, 1.82) is 10.5 Å². The first-order valence-corrected chi connectivity index (χ1v) is 12.6. The monoisotopic (exact) mass is 388 g/mol. The summed E-state index contributed by atoms with van der Waals surface area (Å²) in [5.74, 6) is -0.389. The normalized spacial score (nSPS) is 10.9. The summed E-state index contributed by atoms with van der Waals surface area (Å²) in [6.07, 6.45) is 29.9. The molecule has 0 aliphatic heterocycles. The Labute approximate surface area is 177 Å². The molecule has 0 atom stereocenters. The number of unbranched alkanes of at least 4 members (excludes halogenated alkanes) is 20. The van der Waals surface area contributed by atoms with E-state index < -0.39 is 0 Å². The molecule has 0 aliphatic carbocycles. The van der Waals surface area contributed by atoms with Gasteiger partial charge in [0.05, 0.1) is 12.1 Å². The largest absolute Gasteiger partial charge is 0.197 e. The Bertz CT molecular complexity index is 363. The molecule has 0 radical (unpaired) electrons. The van der Waals surface area contributed by atoms with E-state index in [1.54, 1.807) is 0 Å². The first kappa shape index (κ1) is 27.0. The average molecular weight is 389 g/mol. The predicted octanol–water partition coefficient (Wildman–Crippen LogP) is 9.25. The molecule has 2 nitrogen and oxygen atoms in total. The van der Waals surface area contributed by atoms with Gasteiger partial charge in [0.1, 0.15) is 5.92 Å². The maximum atomic E-state index is 8.72. The van der Waals surface area contributed by atoms with Crippen molar-refractivity contribution < 1.29 is 0 Å². The smallest absolute Gasteiger partial charge is 0.133 e. The quantitative estimate of drug-likeness (QED) is 0.173. The van der Waals surface area contributed by atoms with Gasteiger partial charge in [-0.05, 0) is 6.42 Å². The zero-order valence-corrected chi connectivity index (χ0v) is 19.0. The van der Waals surface area contributed by atoms with Gasteiger partial charge >= 0.3 is 0 Å². The van der Waals surface area contributed by atoms with Gasteiger partial charge in [-0.1, -0.05) is 142 Å². The number of nitrogens with zero attached hydrogens (tertiary/aromatic N) is 2. The van der Waals surface area contributed by atoms with Crippen molar-refractivity contribution in [2.45, 2.75) is 148 Å². The third-order valence-electron chi connectivity index (χ3n) is 5.91. The second kappa shape index (κ2) is 24.0. The lowest BCUT2D eigenvalue weighted by atomic mass is 10.0. The highest BCUT2D eigenvalue weighted by molar-refractivity contribution is 4.98. The second-order valence-corrected chi connectivity index (χ2v) is 8.67. The minimum atomic E-state index is -0.389. The maximum Gasteiger partial charge on any atom is 0.133 e. The van der Waals surface area contributed by atoms with Gasteiger partial charge in [-0.15, -0.1) is 0 Å². The molecule has 0 saturated carbocycles. The summed E-state index contributed by atoms with van der Waals surface area (Å²) in [4.78, 5) is 0. The molecule has 2 heteroatoms. The maximum absolute atomic E-state index is 8.72. The first-order chi connectivity index (χ1) is 13.8. The minimum Gasteiger partial charge on any atom is -0.197 e. The van der Waals surface area contributed by atoms with Gasteiger partial charge in [0.2, 0.25) is 0 Å². The van der Waals surface area contributed by atoms with Gasteiger partial charge in [0.15, 0.2) is 0 Å². The van der Waals surface area contributed by atoms with E-state index in [1.807, 2.05) is 0 Å². The number of hydrogen-bond acceptors (Lipinski definition) is 2. The highest BCUT2D eigenvalue weighted by atomic mass is 14.3. The topological polar surface area (TPSA) is 47.6 Å². The molecule has 0 rings (SSSR count). The molecule has 28 heavy (non-hydrogen) atoms. The fourth-order valence-corrected chi connectivity index (χ4v) is 3.94. The van der Waals surface area contributed by atoms with Crippen LogP contribution in [-0.2, 0) is 0 Å². The lowest BCUT2D eigenvalue weighted by Crippen LogP contribution is -1.92. The van der Waals surface area contributed by atoms with Crippen LogP contribution in [0, 0.1) is 28.6 Å². The summed E-state index contributed by atoms with van der Waals surface area (Å²) < 4.78 is 0. The molecule has 0 fully saturated rings. The van der Waals surface area contributed by atoms with Crippen molar-refractivity contribution >= 4 is 0 Å². The van der Waals surface area contributed by atoms with Crippen LogP contribution >= 0.6 is 0 Å². The SMILES string of the molecule is CCCCCCCCCCCCCCCCCCCCCCCC(C#N)C#N. The Morgan fingerprint density at radius 1 is 0.429 bits per heavy atom. The molecule has 0 saturated heterocycles. The van der Waals surface area contributed by atoms with E-state index in [9.17, 15) is 0 Å². The van der Waals surface area contributed by atoms with Crippen LogP contribution in [0.3, 0.4) is 0 Å². The van der Waals surface area contributed by atoms with Crippen molar-refractivity contribution in [3.63, 3.8) is 0 Å². The molecule has 162 valence electrons. The lowest BCUT2D eigenvalue weighted by molar-refractivity contribution is 0.517. The van der Waals surface area contributed by atoms with E-state index in [1.165, 1.54) is 128 Å². The van der Waals surface area contributed by atoms with Crippen molar-refractivity contribution in [3.05, 3.63) is 0 Å². The molecular formula is C26H48N2. The van der Waals surface area contributed by atoms with E-state index >= 15 is 0 Å². The molecule has 0 heterocycles. The zero-order chi connectivity index (χ0) is 20.5. The molecule has 0 amide bonds. The molecule has 0 aliphatic rings. The van der Waals surface area contributed by atoms with Crippen LogP contribution < -0.4 is 0 Å². The highest BCUT2D eigenvalue weighted by Gasteiger charge is 2.03. The zero-order valence-electron chi connectivity index (χ0n) is 19.0. The van der Waals surface area contributed by atoms with Crippen LogP contribution in [0.25, 0.3) is 0 Å². The van der Waals surface area contributed by atoms with Gasteiger partial charge < -0.3 is 0 Å². The van der Waals surface area contributed by atoms with Gasteiger partial charge in [-0.25, -0.2) is 0 Å². The van der Waals surface area contributed by atoms with Crippen molar-refractivity contribution in [2.75, 3.05) is 0 Å². The average Bonchev–Trinajstić information content (AvgIpc) is 2.72. The van der Waals surface area contributed by atoms with Crippen LogP contribution in [0.4, 0.5) is 0 Å². The summed E-state index contributed by atoms with van der Waals surface area (Å²) >= 11 is 0. The Kier molecular flexibility index (Phi) is 23.1. The molecule has 0 aromatic heterocycles. The van der Waals surface area contributed by atoms with Gasteiger partial charge in [0, 0.05) is 0 Å². The fraction of sp³-hybridized carbons (Fsp3) is 0.923. The number of hydrogen-bond donors (Lipinski definition) is 0. The minimum absolute atomic E-state index is 0.389. The highest BCUT2D eigenvalue weighted by Crippen LogP contribution is 2.15. The first-order valence-electron chi connectivity index (χ1n) is 12.6. The van der Waals surface area contributed by atoms with E-state index in [2.05, 4.69) is 19.1 Å². The van der Waals surface area contributed by atoms with Crippen LogP contribution in [0.5, 0.6) is 0 Å². The standard InChI is InChI=1S/C26H48N2/c1-2-3-4-5-6-7-8-9-10-11-12-13-14-15-16-17-18-19-20-21-22-23-26(24-27)25-28/h26H,2-23H2,1H3. The number of rotatable bonds is 22. The molecule has 0 aromatic carbocycles. The van der Waals surface area contributed by atoms with Gasteiger partial charge in [-0.2, -0.15) is 10.5 Å². The van der Waals surface area contributed by atoms with Crippen LogP contribution in [0.1, 0.15) is 148 Å². The van der Waals surface area contributed by atoms with Crippen molar-refractivity contribution in [3.8, 4) is 12.1 Å². The lowest BCUT2D eigenvalue weighted by Gasteiger charge is -2.04. The summed E-state index contributed by atoms with van der Waals surface area (Å²) in [6.45, 7) is 2.29. The third kappa shape index (κ3) is 21.3. The van der Waals surface area contributed by atoms with Gasteiger partial charge in [0.25, 0.3) is 0 Å². The van der Waals surface area contributed by atoms with Crippen LogP contribution in [-0.4, -0.2) is 0 Å². The van der Waals surface area contributed by atoms with Crippen molar-refractivity contribution in [2.24, 2.45) is 5.92 Å². The second-order valence-electron chi connectivity index (χ2n) is 8.67. The van der Waals surface area contributed by atoms with Crippen molar-refractivity contribution in [1.82, 2.24) is 0 Å². The van der Waals surface area contributed by atoms with E-state index in [0.29, 0.717) is 0 Å². The Morgan fingerprint density at radius 2 is 0.679 bits per heavy atom. The molecular weight excluding hydrogens is 340 g/mol. The summed E-state index contributed by atoms with van der Waals surface area (Å²) in [6, 6.07) is 4.11. The molecule has 0 N–H and O–H groups in total. The Hall–Kier alpha value is -1.02. The summed E-state index contributed by atoms with van der Waals surface area (Å²) in [7, 11) is 0. The van der Waals surface area contributed by atoms with E-state index in [0.717, 1.165) is 12.8 Å². The third-order valence-corrected chi connectivity index (χ3v) is 5.91. The Balaban J connectivity index is 3.05. The van der Waals surface area contributed by atoms with Gasteiger partial charge in [-0.3, -0.25) is 0 Å².